The van der Waals surface area contributed by atoms with Crippen molar-refractivity contribution in [3.63, 3.8) is 0 Å². The van der Waals surface area contributed by atoms with Gasteiger partial charge in [-0.15, -0.1) is 11.3 Å². The first-order valence-electron chi connectivity index (χ1n) is 8.07. The minimum Gasteiger partial charge on any atom is -0.339 e. The smallest absolute Gasteiger partial charge is 0.229 e. The Balaban J connectivity index is 1.70. The average Bonchev–Trinajstić information content (AvgIpc) is 3.13. The van der Waals surface area contributed by atoms with Crippen LogP contribution in [0.15, 0.2) is 29.6 Å². The van der Waals surface area contributed by atoms with Gasteiger partial charge in [0, 0.05) is 35.6 Å². The lowest BCUT2D eigenvalue weighted by atomic mass is 10.1. The SMILES string of the molecule is Cc1nc(-c2cccc(NC(=O)C3CC(=O)N(C(C)C)C3)c2)cs1. The lowest BCUT2D eigenvalue weighted by molar-refractivity contribution is -0.129. The maximum Gasteiger partial charge on any atom is 0.229 e. The van der Waals surface area contributed by atoms with Crippen LogP contribution in [0.4, 0.5) is 5.69 Å². The summed E-state index contributed by atoms with van der Waals surface area (Å²) >= 11 is 1.60. The molecule has 24 heavy (non-hydrogen) atoms. The first-order valence-corrected chi connectivity index (χ1v) is 8.95. The third kappa shape index (κ3) is 3.48. The number of nitrogens with zero attached hydrogens (tertiary/aromatic N) is 2. The Morgan fingerprint density at radius 3 is 2.83 bits per heavy atom. The zero-order chi connectivity index (χ0) is 17.3. The van der Waals surface area contributed by atoms with Gasteiger partial charge in [-0.05, 0) is 32.9 Å². The molecule has 0 saturated carbocycles. The second-order valence-corrected chi connectivity index (χ2v) is 7.42. The summed E-state index contributed by atoms with van der Waals surface area (Å²) in [4.78, 5) is 30.7. The molecule has 2 heterocycles. The summed E-state index contributed by atoms with van der Waals surface area (Å²) in [5.74, 6) is -0.333. The second kappa shape index (κ2) is 6.73. The van der Waals surface area contributed by atoms with Gasteiger partial charge in [-0.2, -0.15) is 0 Å². The predicted octanol–water partition coefficient (Wildman–Crippen LogP) is 3.31. The summed E-state index contributed by atoms with van der Waals surface area (Å²) in [6.07, 6.45) is 0.287. The zero-order valence-corrected chi connectivity index (χ0v) is 14.9. The maximum atomic E-state index is 12.5. The highest BCUT2D eigenvalue weighted by Crippen LogP contribution is 2.26. The summed E-state index contributed by atoms with van der Waals surface area (Å²) < 4.78 is 0. The van der Waals surface area contributed by atoms with E-state index in [9.17, 15) is 9.59 Å². The minimum atomic E-state index is -0.287. The molecule has 0 bridgehead atoms. The number of hydrogen-bond acceptors (Lipinski definition) is 4. The quantitative estimate of drug-likeness (QED) is 0.926. The van der Waals surface area contributed by atoms with Gasteiger partial charge in [0.15, 0.2) is 0 Å². The molecule has 0 radical (unpaired) electrons. The first-order chi connectivity index (χ1) is 11.4. The molecule has 1 saturated heterocycles. The third-order valence-electron chi connectivity index (χ3n) is 4.20. The van der Waals surface area contributed by atoms with Crippen molar-refractivity contribution in [2.24, 2.45) is 5.92 Å². The van der Waals surface area contributed by atoms with E-state index in [1.165, 1.54) is 0 Å². The van der Waals surface area contributed by atoms with E-state index in [1.54, 1.807) is 16.2 Å². The molecule has 1 atom stereocenters. The molecule has 0 aliphatic carbocycles. The highest BCUT2D eigenvalue weighted by molar-refractivity contribution is 7.09. The average molecular weight is 343 g/mol. The van der Waals surface area contributed by atoms with Crippen LogP contribution in [0, 0.1) is 12.8 Å². The van der Waals surface area contributed by atoms with E-state index in [1.807, 2.05) is 50.4 Å². The number of thiazole rings is 1. The number of carbonyl (C=O) groups is 2. The van der Waals surface area contributed by atoms with Crippen molar-refractivity contribution in [1.29, 1.82) is 0 Å². The van der Waals surface area contributed by atoms with E-state index < -0.39 is 0 Å². The molecule has 1 aliphatic rings. The summed E-state index contributed by atoms with van der Waals surface area (Å²) in [6.45, 7) is 6.40. The number of hydrogen-bond donors (Lipinski definition) is 1. The fourth-order valence-electron chi connectivity index (χ4n) is 2.90. The van der Waals surface area contributed by atoms with Crippen molar-refractivity contribution in [2.75, 3.05) is 11.9 Å². The molecule has 1 aromatic heterocycles. The van der Waals surface area contributed by atoms with Crippen LogP contribution in [0.1, 0.15) is 25.3 Å². The molecule has 1 unspecified atom stereocenters. The summed E-state index contributed by atoms with van der Waals surface area (Å²) in [6, 6.07) is 7.79. The number of carbonyl (C=O) groups excluding carboxylic acids is 2. The van der Waals surface area contributed by atoms with Crippen LogP contribution < -0.4 is 5.32 Å². The number of rotatable bonds is 4. The van der Waals surface area contributed by atoms with Crippen molar-refractivity contribution in [2.45, 2.75) is 33.2 Å². The molecule has 2 amide bonds. The largest absolute Gasteiger partial charge is 0.339 e. The number of benzene rings is 1. The van der Waals surface area contributed by atoms with Crippen molar-refractivity contribution < 1.29 is 9.59 Å². The number of likely N-dealkylation sites (tertiary alicyclic amines) is 1. The predicted molar refractivity (Wildman–Crippen MR) is 95.9 cm³/mol. The van der Waals surface area contributed by atoms with Crippen molar-refractivity contribution >= 4 is 28.8 Å². The van der Waals surface area contributed by atoms with E-state index in [0.29, 0.717) is 6.54 Å². The van der Waals surface area contributed by atoms with Gasteiger partial charge >= 0.3 is 0 Å². The Bertz CT molecular complexity index is 769. The lowest BCUT2D eigenvalue weighted by Crippen LogP contribution is -2.33. The molecule has 5 nitrogen and oxygen atoms in total. The van der Waals surface area contributed by atoms with Gasteiger partial charge in [-0.3, -0.25) is 9.59 Å². The monoisotopic (exact) mass is 343 g/mol. The normalized spacial score (nSPS) is 17.6. The lowest BCUT2D eigenvalue weighted by Gasteiger charge is -2.20. The highest BCUT2D eigenvalue weighted by atomic mass is 32.1. The van der Waals surface area contributed by atoms with Gasteiger partial charge in [0.1, 0.15) is 0 Å². The van der Waals surface area contributed by atoms with Crippen LogP contribution in [-0.2, 0) is 9.59 Å². The third-order valence-corrected chi connectivity index (χ3v) is 4.97. The maximum absolute atomic E-state index is 12.5. The van der Waals surface area contributed by atoms with Crippen LogP contribution in [0.2, 0.25) is 0 Å². The van der Waals surface area contributed by atoms with Crippen LogP contribution in [-0.4, -0.2) is 34.3 Å². The van der Waals surface area contributed by atoms with Crippen molar-refractivity contribution in [3.05, 3.63) is 34.7 Å². The molecular weight excluding hydrogens is 322 g/mol. The minimum absolute atomic E-state index is 0.0526. The van der Waals surface area contributed by atoms with Crippen LogP contribution in [0.3, 0.4) is 0 Å². The summed E-state index contributed by atoms with van der Waals surface area (Å²) in [7, 11) is 0. The summed E-state index contributed by atoms with van der Waals surface area (Å²) in [5.41, 5.74) is 2.62. The Kier molecular flexibility index (Phi) is 4.66. The van der Waals surface area contributed by atoms with Crippen LogP contribution in [0.5, 0.6) is 0 Å². The van der Waals surface area contributed by atoms with Crippen LogP contribution >= 0.6 is 11.3 Å². The highest BCUT2D eigenvalue weighted by Gasteiger charge is 2.35. The molecular formula is C18H21N3O2S. The molecule has 126 valence electrons. The first kappa shape index (κ1) is 16.6. The molecule has 1 fully saturated rings. The standard InChI is InChI=1S/C18H21N3O2S/c1-11(2)21-9-14(8-17(21)22)18(23)20-15-6-4-5-13(7-15)16-10-24-12(3)19-16/h4-7,10-11,14H,8-9H2,1-3H3,(H,20,23). The number of aromatic nitrogens is 1. The molecule has 1 aromatic carbocycles. The molecule has 0 spiro atoms. The molecule has 1 aliphatic heterocycles. The summed E-state index contributed by atoms with van der Waals surface area (Å²) in [5, 5.41) is 5.96. The molecule has 2 aromatic rings. The molecule has 3 rings (SSSR count). The van der Waals surface area contributed by atoms with Gasteiger partial charge in [-0.25, -0.2) is 4.98 Å². The van der Waals surface area contributed by atoms with Gasteiger partial charge in [0.25, 0.3) is 0 Å². The Morgan fingerprint density at radius 1 is 1.42 bits per heavy atom. The Morgan fingerprint density at radius 2 is 2.21 bits per heavy atom. The second-order valence-electron chi connectivity index (χ2n) is 6.36. The topological polar surface area (TPSA) is 62.3 Å². The van der Waals surface area contributed by atoms with E-state index in [4.69, 9.17) is 0 Å². The Labute approximate surface area is 145 Å². The zero-order valence-electron chi connectivity index (χ0n) is 14.1. The van der Waals surface area contributed by atoms with E-state index in [0.717, 1.165) is 22.0 Å². The van der Waals surface area contributed by atoms with Gasteiger partial charge in [0.05, 0.1) is 16.6 Å². The Hall–Kier alpha value is -2.21. The van der Waals surface area contributed by atoms with Gasteiger partial charge < -0.3 is 10.2 Å². The van der Waals surface area contributed by atoms with Gasteiger partial charge in [0.2, 0.25) is 11.8 Å². The van der Waals surface area contributed by atoms with Crippen molar-refractivity contribution in [3.8, 4) is 11.3 Å². The van der Waals surface area contributed by atoms with Gasteiger partial charge in [-0.1, -0.05) is 12.1 Å². The fraction of sp³-hybridized carbons (Fsp3) is 0.389. The van der Waals surface area contributed by atoms with E-state index >= 15 is 0 Å². The van der Waals surface area contributed by atoms with E-state index in [-0.39, 0.29) is 30.2 Å². The number of aryl methyl sites for hydroxylation is 1. The van der Waals surface area contributed by atoms with Crippen molar-refractivity contribution in [1.82, 2.24) is 9.88 Å². The number of anilines is 1. The fourth-order valence-corrected chi connectivity index (χ4v) is 3.52. The molecule has 1 N–H and O–H groups in total. The van der Waals surface area contributed by atoms with E-state index in [2.05, 4.69) is 10.3 Å². The number of amides is 2. The van der Waals surface area contributed by atoms with Crippen LogP contribution in [0.25, 0.3) is 11.3 Å². The number of nitrogens with one attached hydrogen (secondary N) is 1. The molecule has 6 heteroatoms.